The summed E-state index contributed by atoms with van der Waals surface area (Å²) in [6.45, 7) is 4.68. The summed E-state index contributed by atoms with van der Waals surface area (Å²) in [6, 6.07) is 7.12. The zero-order valence-electron chi connectivity index (χ0n) is 15.0. The third kappa shape index (κ3) is 3.57. The molecule has 25 heavy (non-hydrogen) atoms. The van der Waals surface area contributed by atoms with E-state index in [-0.39, 0.29) is 17.9 Å². The maximum absolute atomic E-state index is 12.5. The summed E-state index contributed by atoms with van der Waals surface area (Å²) in [6.07, 6.45) is 4.37. The molecule has 2 heterocycles. The summed E-state index contributed by atoms with van der Waals surface area (Å²) in [5.41, 5.74) is 3.48. The van der Waals surface area contributed by atoms with Crippen molar-refractivity contribution in [1.29, 1.82) is 0 Å². The molecule has 132 valence electrons. The van der Waals surface area contributed by atoms with E-state index in [9.17, 15) is 9.59 Å². The third-order valence-corrected chi connectivity index (χ3v) is 4.85. The van der Waals surface area contributed by atoms with Gasteiger partial charge >= 0.3 is 0 Å². The number of carbonyl (C=O) groups excluding carboxylic acids is 2. The van der Waals surface area contributed by atoms with Crippen molar-refractivity contribution in [2.75, 3.05) is 11.4 Å². The van der Waals surface area contributed by atoms with Crippen LogP contribution in [0, 0.1) is 6.92 Å². The molecule has 3 rings (SSSR count). The zero-order valence-corrected chi connectivity index (χ0v) is 15.0. The number of benzene rings is 1. The van der Waals surface area contributed by atoms with Gasteiger partial charge in [0.15, 0.2) is 0 Å². The van der Waals surface area contributed by atoms with Crippen molar-refractivity contribution in [3.63, 3.8) is 0 Å². The predicted molar refractivity (Wildman–Crippen MR) is 96.5 cm³/mol. The van der Waals surface area contributed by atoms with E-state index in [0.717, 1.165) is 36.3 Å². The first-order valence-corrected chi connectivity index (χ1v) is 8.67. The molecule has 0 radical (unpaired) electrons. The van der Waals surface area contributed by atoms with E-state index < -0.39 is 0 Å². The molecule has 0 saturated carbocycles. The number of carbonyl (C=O) groups is 2. The van der Waals surface area contributed by atoms with Gasteiger partial charge in [-0.25, -0.2) is 0 Å². The van der Waals surface area contributed by atoms with Crippen LogP contribution in [0.2, 0.25) is 0 Å². The van der Waals surface area contributed by atoms with Gasteiger partial charge in [-0.05, 0) is 51.0 Å². The average Bonchev–Trinajstić information content (AvgIpc) is 2.95. The molecular formula is C19H24N4O2. The van der Waals surface area contributed by atoms with Crippen LogP contribution in [-0.4, -0.2) is 28.1 Å². The minimum absolute atomic E-state index is 0.121. The van der Waals surface area contributed by atoms with E-state index in [4.69, 9.17) is 0 Å². The maximum atomic E-state index is 12.5. The highest BCUT2D eigenvalue weighted by atomic mass is 16.2. The third-order valence-electron chi connectivity index (χ3n) is 4.85. The standard InChI is InChI=1S/C19H24N4O2/c1-13(17-12-20-22(3)14(17)2)21-19(25)15-7-9-16(10-8-15)23-11-5-4-6-18(23)24/h7-10,12-13H,4-6,11H2,1-3H3,(H,21,25)/t13-/m0/s1. The van der Waals surface area contributed by atoms with E-state index in [1.54, 1.807) is 27.9 Å². The highest BCUT2D eigenvalue weighted by molar-refractivity contribution is 5.97. The van der Waals surface area contributed by atoms with E-state index in [1.165, 1.54) is 0 Å². The predicted octanol–water partition coefficient (Wildman–Crippen LogP) is 2.74. The number of aryl methyl sites for hydroxylation is 1. The van der Waals surface area contributed by atoms with Crippen LogP contribution >= 0.6 is 0 Å². The van der Waals surface area contributed by atoms with Gasteiger partial charge in [-0.1, -0.05) is 0 Å². The fraction of sp³-hybridized carbons (Fsp3) is 0.421. The molecule has 1 aliphatic heterocycles. The van der Waals surface area contributed by atoms with Gasteiger partial charge in [0.1, 0.15) is 0 Å². The lowest BCUT2D eigenvalue weighted by atomic mass is 10.1. The minimum Gasteiger partial charge on any atom is -0.345 e. The molecule has 1 atom stereocenters. The number of rotatable bonds is 4. The van der Waals surface area contributed by atoms with E-state index in [2.05, 4.69) is 10.4 Å². The fourth-order valence-electron chi connectivity index (χ4n) is 3.17. The van der Waals surface area contributed by atoms with Crippen LogP contribution < -0.4 is 10.2 Å². The molecule has 0 aliphatic carbocycles. The highest BCUT2D eigenvalue weighted by Gasteiger charge is 2.20. The van der Waals surface area contributed by atoms with Gasteiger partial charge in [-0.3, -0.25) is 14.3 Å². The van der Waals surface area contributed by atoms with Crippen LogP contribution in [0.3, 0.4) is 0 Å². The molecule has 0 bridgehead atoms. The number of hydrogen-bond acceptors (Lipinski definition) is 3. The smallest absolute Gasteiger partial charge is 0.251 e. The quantitative estimate of drug-likeness (QED) is 0.930. The molecule has 6 nitrogen and oxygen atoms in total. The zero-order chi connectivity index (χ0) is 18.0. The minimum atomic E-state index is -0.132. The largest absolute Gasteiger partial charge is 0.345 e. The molecule has 1 N–H and O–H groups in total. The Morgan fingerprint density at radius 2 is 1.96 bits per heavy atom. The van der Waals surface area contributed by atoms with E-state index >= 15 is 0 Å². The van der Waals surface area contributed by atoms with Gasteiger partial charge in [0.2, 0.25) is 5.91 Å². The Morgan fingerprint density at radius 3 is 2.56 bits per heavy atom. The lowest BCUT2D eigenvalue weighted by molar-refractivity contribution is -0.119. The van der Waals surface area contributed by atoms with Crippen LogP contribution in [0.25, 0.3) is 0 Å². The van der Waals surface area contributed by atoms with Crippen molar-refractivity contribution >= 4 is 17.5 Å². The lowest BCUT2D eigenvalue weighted by Crippen LogP contribution is -2.35. The topological polar surface area (TPSA) is 67.2 Å². The molecular weight excluding hydrogens is 316 g/mol. The second-order valence-electron chi connectivity index (χ2n) is 6.55. The summed E-state index contributed by atoms with van der Waals surface area (Å²) in [5, 5.41) is 7.22. The number of nitrogens with one attached hydrogen (secondary N) is 1. The Morgan fingerprint density at radius 1 is 1.24 bits per heavy atom. The van der Waals surface area contributed by atoms with E-state index in [1.807, 2.05) is 33.0 Å². The summed E-state index contributed by atoms with van der Waals surface area (Å²) in [5.74, 6) is 0.0244. The van der Waals surface area contributed by atoms with Crippen molar-refractivity contribution in [3.8, 4) is 0 Å². The fourth-order valence-corrected chi connectivity index (χ4v) is 3.17. The molecule has 2 amide bonds. The lowest BCUT2D eigenvalue weighted by Gasteiger charge is -2.26. The first-order chi connectivity index (χ1) is 12.0. The van der Waals surface area contributed by atoms with Crippen molar-refractivity contribution in [1.82, 2.24) is 15.1 Å². The van der Waals surface area contributed by atoms with Gasteiger partial charge < -0.3 is 10.2 Å². The first-order valence-electron chi connectivity index (χ1n) is 8.67. The Hall–Kier alpha value is -2.63. The average molecular weight is 340 g/mol. The van der Waals surface area contributed by atoms with Crippen LogP contribution in [0.15, 0.2) is 30.5 Å². The molecule has 0 spiro atoms. The number of aromatic nitrogens is 2. The van der Waals surface area contributed by atoms with Crippen LogP contribution in [0.5, 0.6) is 0 Å². The van der Waals surface area contributed by atoms with Gasteiger partial charge in [-0.15, -0.1) is 0 Å². The number of nitrogens with zero attached hydrogens (tertiary/aromatic N) is 3. The summed E-state index contributed by atoms with van der Waals surface area (Å²) in [7, 11) is 1.88. The second-order valence-corrected chi connectivity index (χ2v) is 6.55. The second kappa shape index (κ2) is 7.09. The molecule has 6 heteroatoms. The monoisotopic (exact) mass is 340 g/mol. The summed E-state index contributed by atoms with van der Waals surface area (Å²) in [4.78, 5) is 26.3. The summed E-state index contributed by atoms with van der Waals surface area (Å²) < 4.78 is 1.79. The van der Waals surface area contributed by atoms with Gasteiger partial charge in [0.25, 0.3) is 5.91 Å². The number of hydrogen-bond donors (Lipinski definition) is 1. The van der Waals surface area contributed by atoms with Gasteiger partial charge in [-0.2, -0.15) is 5.10 Å². The SMILES string of the molecule is Cc1c([C@H](C)NC(=O)c2ccc(N3CCCCC3=O)cc2)cnn1C. The Labute approximate surface area is 147 Å². The Kier molecular flexibility index (Phi) is 4.88. The van der Waals surface area contributed by atoms with Crippen LogP contribution in [0.1, 0.15) is 53.8 Å². The Bertz CT molecular complexity index is 779. The highest BCUT2D eigenvalue weighted by Crippen LogP contribution is 2.22. The number of anilines is 1. The molecule has 2 aromatic rings. The molecule has 1 aliphatic rings. The molecule has 1 aromatic carbocycles. The van der Waals surface area contributed by atoms with E-state index in [0.29, 0.717) is 12.0 Å². The van der Waals surface area contributed by atoms with Crippen molar-refractivity contribution in [2.45, 2.75) is 39.2 Å². The molecule has 1 aromatic heterocycles. The maximum Gasteiger partial charge on any atom is 0.251 e. The molecule has 1 saturated heterocycles. The van der Waals surface area contributed by atoms with Crippen LogP contribution in [0.4, 0.5) is 5.69 Å². The number of piperidine rings is 1. The van der Waals surface area contributed by atoms with Gasteiger partial charge in [0, 0.05) is 42.5 Å². The van der Waals surface area contributed by atoms with Crippen molar-refractivity contribution < 1.29 is 9.59 Å². The summed E-state index contributed by atoms with van der Waals surface area (Å²) >= 11 is 0. The molecule has 1 fully saturated rings. The van der Waals surface area contributed by atoms with Crippen molar-refractivity contribution in [3.05, 3.63) is 47.3 Å². The normalized spacial score (nSPS) is 16.0. The van der Waals surface area contributed by atoms with Crippen molar-refractivity contribution in [2.24, 2.45) is 7.05 Å². The van der Waals surface area contributed by atoms with Crippen LogP contribution in [-0.2, 0) is 11.8 Å². The molecule has 0 unspecified atom stereocenters. The Balaban J connectivity index is 1.68. The van der Waals surface area contributed by atoms with Gasteiger partial charge in [0.05, 0.1) is 12.2 Å². The first kappa shape index (κ1) is 17.2. The number of amides is 2.